The lowest BCUT2D eigenvalue weighted by Crippen LogP contribution is -2.43. The Labute approximate surface area is 87.3 Å². The molecule has 1 aliphatic heterocycles. The van der Waals surface area contributed by atoms with Crippen molar-refractivity contribution in [3.63, 3.8) is 0 Å². The summed E-state index contributed by atoms with van der Waals surface area (Å²) in [5.74, 6) is 0. The Morgan fingerprint density at radius 1 is 1.21 bits per heavy atom. The van der Waals surface area contributed by atoms with Crippen LogP contribution in [0, 0.1) is 0 Å². The van der Waals surface area contributed by atoms with Gasteiger partial charge in [0.15, 0.2) is 0 Å². The van der Waals surface area contributed by atoms with Gasteiger partial charge in [-0.3, -0.25) is 4.90 Å². The van der Waals surface area contributed by atoms with Gasteiger partial charge in [0, 0.05) is 12.1 Å². The second-order valence-corrected chi connectivity index (χ2v) is 4.89. The first-order chi connectivity index (χ1) is 6.83. The van der Waals surface area contributed by atoms with Gasteiger partial charge in [0.2, 0.25) is 0 Å². The monoisotopic (exact) mass is 197 g/mol. The summed E-state index contributed by atoms with van der Waals surface area (Å²) in [6, 6.07) is 1.27. The summed E-state index contributed by atoms with van der Waals surface area (Å²) in [5, 5.41) is 9.89. The fraction of sp³-hybridized carbons (Fsp3) is 1.00. The Bertz CT molecular complexity index is 183. The van der Waals surface area contributed by atoms with E-state index in [0.717, 1.165) is 12.5 Å². The minimum Gasteiger partial charge on any atom is -0.391 e. The zero-order valence-corrected chi connectivity index (χ0v) is 9.28. The van der Waals surface area contributed by atoms with Crippen LogP contribution in [-0.2, 0) is 0 Å². The first-order valence-electron chi connectivity index (χ1n) is 6.26. The molecule has 2 fully saturated rings. The average Bonchev–Trinajstić information content (AvgIpc) is 2.74. The van der Waals surface area contributed by atoms with Crippen LogP contribution in [0.25, 0.3) is 0 Å². The van der Waals surface area contributed by atoms with Crippen LogP contribution in [0.1, 0.15) is 51.9 Å². The van der Waals surface area contributed by atoms with E-state index in [2.05, 4.69) is 11.8 Å². The number of aliphatic hydroxyl groups is 1. The summed E-state index contributed by atoms with van der Waals surface area (Å²) < 4.78 is 0. The fourth-order valence-corrected chi connectivity index (χ4v) is 3.25. The van der Waals surface area contributed by atoms with Crippen LogP contribution in [0.15, 0.2) is 0 Å². The van der Waals surface area contributed by atoms with Crippen LogP contribution >= 0.6 is 0 Å². The highest BCUT2D eigenvalue weighted by atomic mass is 16.3. The topological polar surface area (TPSA) is 23.5 Å². The van der Waals surface area contributed by atoms with Gasteiger partial charge in [0.25, 0.3) is 0 Å². The van der Waals surface area contributed by atoms with Crippen molar-refractivity contribution in [2.24, 2.45) is 0 Å². The standard InChI is InChI=1S/C12H23NO/c1-2-5-10-6-4-9-13(10)11-7-3-8-12(11)14/h10-12,14H,2-9H2,1H3. The highest BCUT2D eigenvalue weighted by molar-refractivity contribution is 4.91. The minimum atomic E-state index is -0.0348. The Morgan fingerprint density at radius 2 is 2.07 bits per heavy atom. The van der Waals surface area contributed by atoms with Crippen molar-refractivity contribution >= 4 is 0 Å². The molecule has 0 aromatic carbocycles. The molecule has 2 rings (SSSR count). The lowest BCUT2D eigenvalue weighted by molar-refractivity contribution is 0.0607. The predicted octanol–water partition coefficient (Wildman–Crippen LogP) is 2.16. The van der Waals surface area contributed by atoms with Crippen molar-refractivity contribution in [2.45, 2.75) is 70.1 Å². The summed E-state index contributed by atoms with van der Waals surface area (Å²) in [6.45, 7) is 3.49. The molecule has 2 nitrogen and oxygen atoms in total. The third-order valence-electron chi connectivity index (χ3n) is 3.91. The molecular formula is C12H23NO. The molecule has 0 aromatic rings. The first kappa shape index (κ1) is 10.4. The molecule has 3 unspecified atom stereocenters. The van der Waals surface area contributed by atoms with E-state index < -0.39 is 0 Å². The van der Waals surface area contributed by atoms with Gasteiger partial charge in [0.05, 0.1) is 6.10 Å². The molecule has 0 spiro atoms. The van der Waals surface area contributed by atoms with Crippen molar-refractivity contribution in [2.75, 3.05) is 6.54 Å². The molecule has 1 saturated carbocycles. The fourth-order valence-electron chi connectivity index (χ4n) is 3.25. The number of likely N-dealkylation sites (tertiary alicyclic amines) is 1. The Kier molecular flexibility index (Phi) is 3.45. The smallest absolute Gasteiger partial charge is 0.0695 e. The number of rotatable bonds is 3. The van der Waals surface area contributed by atoms with E-state index in [1.807, 2.05) is 0 Å². The van der Waals surface area contributed by atoms with E-state index in [9.17, 15) is 5.11 Å². The van der Waals surface area contributed by atoms with E-state index in [4.69, 9.17) is 0 Å². The highest BCUT2D eigenvalue weighted by Gasteiger charge is 2.36. The van der Waals surface area contributed by atoms with Crippen molar-refractivity contribution in [3.05, 3.63) is 0 Å². The highest BCUT2D eigenvalue weighted by Crippen LogP contribution is 2.31. The molecule has 1 N–H and O–H groups in total. The maximum absolute atomic E-state index is 9.89. The van der Waals surface area contributed by atoms with Gasteiger partial charge in [-0.25, -0.2) is 0 Å². The Balaban J connectivity index is 1.94. The lowest BCUT2D eigenvalue weighted by atomic mass is 10.1. The summed E-state index contributed by atoms with van der Waals surface area (Å²) >= 11 is 0. The number of hydrogen-bond donors (Lipinski definition) is 1. The van der Waals surface area contributed by atoms with E-state index in [-0.39, 0.29) is 6.10 Å². The molecule has 14 heavy (non-hydrogen) atoms. The van der Waals surface area contributed by atoms with Gasteiger partial charge in [-0.2, -0.15) is 0 Å². The van der Waals surface area contributed by atoms with Crippen LogP contribution in [0.4, 0.5) is 0 Å². The maximum Gasteiger partial charge on any atom is 0.0695 e. The average molecular weight is 197 g/mol. The first-order valence-corrected chi connectivity index (χ1v) is 6.26. The van der Waals surface area contributed by atoms with Gasteiger partial charge in [0.1, 0.15) is 0 Å². The largest absolute Gasteiger partial charge is 0.391 e. The molecule has 1 heterocycles. The number of nitrogens with zero attached hydrogens (tertiary/aromatic N) is 1. The molecule has 3 atom stereocenters. The summed E-state index contributed by atoms with van der Waals surface area (Å²) in [5.41, 5.74) is 0. The van der Waals surface area contributed by atoms with E-state index >= 15 is 0 Å². The quantitative estimate of drug-likeness (QED) is 0.749. The second-order valence-electron chi connectivity index (χ2n) is 4.89. The second kappa shape index (κ2) is 4.63. The lowest BCUT2D eigenvalue weighted by Gasteiger charge is -2.32. The van der Waals surface area contributed by atoms with Crippen molar-refractivity contribution in [3.8, 4) is 0 Å². The Hall–Kier alpha value is -0.0800. The van der Waals surface area contributed by atoms with Crippen molar-refractivity contribution in [1.82, 2.24) is 4.90 Å². The summed E-state index contributed by atoms with van der Waals surface area (Å²) in [7, 11) is 0. The van der Waals surface area contributed by atoms with Gasteiger partial charge < -0.3 is 5.11 Å². The van der Waals surface area contributed by atoms with Gasteiger partial charge >= 0.3 is 0 Å². The van der Waals surface area contributed by atoms with E-state index in [0.29, 0.717) is 6.04 Å². The molecule has 0 amide bonds. The molecule has 0 radical (unpaired) electrons. The molecule has 1 aliphatic carbocycles. The van der Waals surface area contributed by atoms with Crippen molar-refractivity contribution < 1.29 is 5.11 Å². The van der Waals surface area contributed by atoms with E-state index in [1.54, 1.807) is 0 Å². The summed E-state index contributed by atoms with van der Waals surface area (Å²) in [6.07, 6.45) is 8.74. The minimum absolute atomic E-state index is 0.0348. The van der Waals surface area contributed by atoms with Gasteiger partial charge in [-0.1, -0.05) is 13.3 Å². The summed E-state index contributed by atoms with van der Waals surface area (Å²) in [4.78, 5) is 2.60. The third-order valence-corrected chi connectivity index (χ3v) is 3.91. The van der Waals surface area contributed by atoms with Crippen LogP contribution in [0.2, 0.25) is 0 Å². The molecule has 0 bridgehead atoms. The molecule has 0 aromatic heterocycles. The number of hydrogen-bond acceptors (Lipinski definition) is 2. The van der Waals surface area contributed by atoms with Crippen LogP contribution < -0.4 is 0 Å². The van der Waals surface area contributed by atoms with Crippen LogP contribution in [0.3, 0.4) is 0 Å². The van der Waals surface area contributed by atoms with Gasteiger partial charge in [-0.15, -0.1) is 0 Å². The molecule has 2 aliphatic rings. The predicted molar refractivity (Wildman–Crippen MR) is 58.3 cm³/mol. The maximum atomic E-state index is 9.89. The molecule has 2 heteroatoms. The van der Waals surface area contributed by atoms with Crippen LogP contribution in [0.5, 0.6) is 0 Å². The van der Waals surface area contributed by atoms with Gasteiger partial charge in [-0.05, 0) is 45.1 Å². The Morgan fingerprint density at radius 3 is 2.71 bits per heavy atom. The normalized spacial score (nSPS) is 39.4. The zero-order valence-electron chi connectivity index (χ0n) is 9.28. The molecule has 1 saturated heterocycles. The third kappa shape index (κ3) is 1.96. The van der Waals surface area contributed by atoms with E-state index in [1.165, 1.54) is 45.1 Å². The number of aliphatic hydroxyl groups excluding tert-OH is 1. The molecule has 82 valence electrons. The molecular weight excluding hydrogens is 174 g/mol. The van der Waals surface area contributed by atoms with Crippen molar-refractivity contribution in [1.29, 1.82) is 0 Å². The zero-order chi connectivity index (χ0) is 9.97. The SMILES string of the molecule is CCCC1CCCN1C1CCCC1O. The van der Waals surface area contributed by atoms with Crippen LogP contribution in [-0.4, -0.2) is 34.7 Å².